The number of nitrogens with zero attached hydrogens (tertiary/aromatic N) is 4. The summed E-state index contributed by atoms with van der Waals surface area (Å²) in [6.07, 6.45) is 2.46. The van der Waals surface area contributed by atoms with Crippen molar-refractivity contribution in [2.75, 3.05) is 17.2 Å². The molecule has 0 saturated heterocycles. The van der Waals surface area contributed by atoms with E-state index >= 15 is 0 Å². The van der Waals surface area contributed by atoms with Crippen LogP contribution in [0.15, 0.2) is 30.6 Å². The molecule has 20 heavy (non-hydrogen) atoms. The number of fused-ring (bicyclic) bond motifs is 2. The molecule has 4 rings (SSSR count). The Balaban J connectivity index is 1.72. The Bertz CT molecular complexity index is 778. The molecule has 6 heteroatoms. The average Bonchev–Trinajstić information content (AvgIpc) is 2.92. The van der Waals surface area contributed by atoms with Gasteiger partial charge in [-0.1, -0.05) is 24.3 Å². The van der Waals surface area contributed by atoms with E-state index in [1.807, 2.05) is 0 Å². The lowest BCUT2D eigenvalue weighted by atomic mass is 10.0. The fourth-order valence-electron chi connectivity index (χ4n) is 2.66. The lowest BCUT2D eigenvalue weighted by Gasteiger charge is -2.28. The van der Waals surface area contributed by atoms with E-state index in [9.17, 15) is 0 Å². The van der Waals surface area contributed by atoms with E-state index in [1.54, 1.807) is 0 Å². The zero-order valence-electron chi connectivity index (χ0n) is 10.9. The van der Waals surface area contributed by atoms with Crippen LogP contribution in [-0.4, -0.2) is 26.5 Å². The maximum atomic E-state index is 5.83. The van der Waals surface area contributed by atoms with Gasteiger partial charge in [0.2, 0.25) is 5.95 Å². The fraction of sp³-hybridized carbons (Fsp3) is 0.214. The monoisotopic (exact) mass is 266 g/mol. The van der Waals surface area contributed by atoms with Gasteiger partial charge in [-0.3, -0.25) is 0 Å². The lowest BCUT2D eigenvalue weighted by molar-refractivity contribution is 0.714. The van der Waals surface area contributed by atoms with Crippen LogP contribution in [0.4, 0.5) is 11.8 Å². The molecule has 100 valence electrons. The normalized spacial score (nSPS) is 14.5. The molecule has 0 amide bonds. The number of rotatable bonds is 1. The molecule has 0 aliphatic carbocycles. The topological polar surface area (TPSA) is 83.7 Å². The summed E-state index contributed by atoms with van der Waals surface area (Å²) in [7, 11) is 0. The summed E-state index contributed by atoms with van der Waals surface area (Å²) in [5, 5.41) is 0. The number of nitrogens with two attached hydrogens (primary N) is 1. The van der Waals surface area contributed by atoms with E-state index < -0.39 is 0 Å². The van der Waals surface area contributed by atoms with E-state index in [-0.39, 0.29) is 0 Å². The van der Waals surface area contributed by atoms with Gasteiger partial charge in [0.1, 0.15) is 11.8 Å². The fourth-order valence-corrected chi connectivity index (χ4v) is 2.66. The number of benzene rings is 1. The smallest absolute Gasteiger partial charge is 0.205 e. The first kappa shape index (κ1) is 11.2. The van der Waals surface area contributed by atoms with Gasteiger partial charge in [-0.25, -0.2) is 9.97 Å². The quantitative estimate of drug-likeness (QED) is 0.697. The molecule has 3 heterocycles. The van der Waals surface area contributed by atoms with Crippen LogP contribution in [0.25, 0.3) is 11.2 Å². The van der Waals surface area contributed by atoms with Crippen molar-refractivity contribution in [2.24, 2.45) is 0 Å². The molecule has 0 saturated carbocycles. The molecule has 0 spiro atoms. The van der Waals surface area contributed by atoms with Crippen LogP contribution in [0.3, 0.4) is 0 Å². The Labute approximate surface area is 115 Å². The second-order valence-electron chi connectivity index (χ2n) is 4.96. The molecule has 2 aromatic heterocycles. The van der Waals surface area contributed by atoms with E-state index in [0.29, 0.717) is 17.0 Å². The van der Waals surface area contributed by atoms with Gasteiger partial charge >= 0.3 is 0 Å². The summed E-state index contributed by atoms with van der Waals surface area (Å²) in [6.45, 7) is 1.79. The van der Waals surface area contributed by atoms with Crippen molar-refractivity contribution in [1.82, 2.24) is 19.9 Å². The SMILES string of the molecule is Nc1ncnc2nc(N3CCc4ccccc4C3)[nH]c12. The predicted molar refractivity (Wildman–Crippen MR) is 77.3 cm³/mol. The van der Waals surface area contributed by atoms with Gasteiger partial charge in [0, 0.05) is 13.1 Å². The number of nitrogens with one attached hydrogen (secondary N) is 1. The third-order valence-electron chi connectivity index (χ3n) is 3.74. The van der Waals surface area contributed by atoms with Crippen molar-refractivity contribution in [2.45, 2.75) is 13.0 Å². The average molecular weight is 266 g/mol. The van der Waals surface area contributed by atoms with Gasteiger partial charge in [-0.05, 0) is 17.5 Å². The molecule has 1 aromatic carbocycles. The van der Waals surface area contributed by atoms with Gasteiger partial charge in [-0.2, -0.15) is 4.98 Å². The molecule has 3 aromatic rings. The molecule has 0 fully saturated rings. The number of imidazole rings is 1. The van der Waals surface area contributed by atoms with Crippen LogP contribution in [0.5, 0.6) is 0 Å². The Kier molecular flexibility index (Phi) is 2.35. The highest BCUT2D eigenvalue weighted by Crippen LogP contribution is 2.24. The molecule has 0 radical (unpaired) electrons. The second-order valence-corrected chi connectivity index (χ2v) is 4.96. The van der Waals surface area contributed by atoms with Crippen molar-refractivity contribution in [3.63, 3.8) is 0 Å². The van der Waals surface area contributed by atoms with Gasteiger partial charge in [0.25, 0.3) is 0 Å². The van der Waals surface area contributed by atoms with Gasteiger partial charge in [-0.15, -0.1) is 0 Å². The number of H-pyrrole nitrogens is 1. The van der Waals surface area contributed by atoms with E-state index in [1.165, 1.54) is 17.5 Å². The minimum absolute atomic E-state index is 0.436. The van der Waals surface area contributed by atoms with Crippen LogP contribution < -0.4 is 10.6 Å². The zero-order valence-corrected chi connectivity index (χ0v) is 10.9. The highest BCUT2D eigenvalue weighted by atomic mass is 15.3. The van der Waals surface area contributed by atoms with E-state index in [4.69, 9.17) is 5.73 Å². The van der Waals surface area contributed by atoms with Crippen molar-refractivity contribution >= 4 is 22.9 Å². The second kappa shape index (κ2) is 4.19. The molecule has 0 atom stereocenters. The highest BCUT2D eigenvalue weighted by Gasteiger charge is 2.19. The Hall–Kier alpha value is -2.63. The zero-order chi connectivity index (χ0) is 13.5. The predicted octanol–water partition coefficient (Wildman–Crippen LogP) is 1.50. The summed E-state index contributed by atoms with van der Waals surface area (Å²) < 4.78 is 0. The third-order valence-corrected chi connectivity index (χ3v) is 3.74. The summed E-state index contributed by atoms with van der Waals surface area (Å²) in [5.74, 6) is 1.24. The van der Waals surface area contributed by atoms with Gasteiger partial charge in [0.15, 0.2) is 11.5 Å². The molecule has 0 unspecified atom stereocenters. The Morgan fingerprint density at radius 3 is 2.85 bits per heavy atom. The van der Waals surface area contributed by atoms with Crippen molar-refractivity contribution < 1.29 is 0 Å². The van der Waals surface area contributed by atoms with Crippen molar-refractivity contribution in [3.05, 3.63) is 41.7 Å². The van der Waals surface area contributed by atoms with Crippen LogP contribution in [-0.2, 0) is 13.0 Å². The minimum Gasteiger partial charge on any atom is -0.382 e. The molecule has 1 aliphatic rings. The summed E-state index contributed by atoms with van der Waals surface area (Å²) in [6, 6.07) is 8.52. The molecular weight excluding hydrogens is 252 g/mol. The molecule has 6 nitrogen and oxygen atoms in total. The van der Waals surface area contributed by atoms with Crippen molar-refractivity contribution in [1.29, 1.82) is 0 Å². The number of anilines is 2. The lowest BCUT2D eigenvalue weighted by Crippen LogP contribution is -2.31. The maximum absolute atomic E-state index is 5.83. The summed E-state index contributed by atoms with van der Waals surface area (Å²) in [5.41, 5.74) is 9.92. The first-order valence-corrected chi connectivity index (χ1v) is 6.59. The highest BCUT2D eigenvalue weighted by molar-refractivity contribution is 5.83. The summed E-state index contributed by atoms with van der Waals surface area (Å²) in [4.78, 5) is 18.1. The van der Waals surface area contributed by atoms with E-state index in [2.05, 4.69) is 49.1 Å². The van der Waals surface area contributed by atoms with E-state index in [0.717, 1.165) is 25.5 Å². The summed E-state index contributed by atoms with van der Waals surface area (Å²) >= 11 is 0. The number of hydrogen-bond donors (Lipinski definition) is 2. The molecular formula is C14H14N6. The number of hydrogen-bond acceptors (Lipinski definition) is 5. The van der Waals surface area contributed by atoms with Gasteiger partial charge in [0.05, 0.1) is 0 Å². The number of aromatic amines is 1. The van der Waals surface area contributed by atoms with Crippen LogP contribution in [0, 0.1) is 0 Å². The first-order chi connectivity index (χ1) is 9.81. The third kappa shape index (κ3) is 1.69. The number of nitrogen functional groups attached to an aromatic ring is 1. The maximum Gasteiger partial charge on any atom is 0.205 e. The first-order valence-electron chi connectivity index (χ1n) is 6.59. The number of aromatic nitrogens is 4. The standard InChI is InChI=1S/C14H14N6/c15-12-11-13(17-8-16-12)19-14(18-11)20-6-5-9-3-1-2-4-10(9)7-20/h1-4,8H,5-7H2,(H3,15,16,17,18,19). The van der Waals surface area contributed by atoms with Crippen LogP contribution in [0.1, 0.15) is 11.1 Å². The van der Waals surface area contributed by atoms with Crippen LogP contribution in [0.2, 0.25) is 0 Å². The Morgan fingerprint density at radius 1 is 1.15 bits per heavy atom. The molecule has 1 aliphatic heterocycles. The van der Waals surface area contributed by atoms with Crippen LogP contribution >= 0.6 is 0 Å². The molecule has 0 bridgehead atoms. The minimum atomic E-state index is 0.436. The van der Waals surface area contributed by atoms with Crippen molar-refractivity contribution in [3.8, 4) is 0 Å². The molecule has 3 N–H and O–H groups in total. The largest absolute Gasteiger partial charge is 0.382 e. The van der Waals surface area contributed by atoms with Gasteiger partial charge < -0.3 is 15.6 Å². The Morgan fingerprint density at radius 2 is 2.00 bits per heavy atom.